The Hall–Kier alpha value is -1.25. The minimum atomic E-state index is -1.18. The number of nitrogens with one attached hydrogen (secondary N) is 1. The second-order valence-electron chi connectivity index (χ2n) is 7.40. The summed E-state index contributed by atoms with van der Waals surface area (Å²) in [4.78, 5) is 30.5. The third-order valence-corrected chi connectivity index (χ3v) is 8.29. The largest absolute Gasteiger partial charge is 0.369 e. The van der Waals surface area contributed by atoms with Crippen LogP contribution in [0.5, 0.6) is 0 Å². The molecule has 1 heterocycles. The molecule has 2 amide bonds. The number of rotatable bonds is 6. The molecule has 0 unspecified atom stereocenters. The predicted octanol–water partition coefficient (Wildman–Crippen LogP) is 1.31. The number of hydrogen-bond acceptors (Lipinski definition) is 5. The smallest absolute Gasteiger partial charge is 0.232 e. The molecule has 4 rings (SSSR count). The van der Waals surface area contributed by atoms with Crippen LogP contribution in [0, 0.1) is 22.7 Å². The number of thiazole rings is 1. The molecule has 134 valence electrons. The van der Waals surface area contributed by atoms with Crippen molar-refractivity contribution in [2.75, 3.05) is 13.6 Å². The minimum Gasteiger partial charge on any atom is -0.369 e. The molecule has 1 spiro atoms. The Labute approximate surface area is 158 Å². The molecular weight excluding hydrogens is 404 g/mol. The van der Waals surface area contributed by atoms with Crippen LogP contribution in [0.4, 0.5) is 0 Å². The van der Waals surface area contributed by atoms with E-state index >= 15 is 0 Å². The number of aromatic nitrogens is 1. The van der Waals surface area contributed by atoms with Gasteiger partial charge in [0.05, 0.1) is 15.4 Å². The molecule has 5 N–H and O–H groups in total. The standard InChI is InChI=1S/C17H21BrN4O2S/c1-21-7-6-16(12(19)23)9-2-3-10(15(9)4-5-15)17(16,13(20)24)14-22-8-11(18)25-14/h2-3,8-10,21H,4-7H2,1H3,(H2,19,23)(H2,20,24)/t9-,10+,16+,17-/m1/s1. The highest BCUT2D eigenvalue weighted by Gasteiger charge is 2.83. The minimum absolute atomic E-state index is 0.0639. The summed E-state index contributed by atoms with van der Waals surface area (Å²) in [5.74, 6) is -1.13. The number of amides is 2. The van der Waals surface area contributed by atoms with Crippen LogP contribution >= 0.6 is 27.3 Å². The molecule has 4 atom stereocenters. The maximum atomic E-state index is 13.0. The van der Waals surface area contributed by atoms with Gasteiger partial charge in [0, 0.05) is 5.92 Å². The van der Waals surface area contributed by atoms with Gasteiger partial charge in [0.1, 0.15) is 10.4 Å². The number of primary amides is 2. The summed E-state index contributed by atoms with van der Waals surface area (Å²) in [5.41, 5.74) is 9.77. The Balaban J connectivity index is 2.03. The number of carbonyl (C=O) groups is 2. The van der Waals surface area contributed by atoms with E-state index in [1.807, 2.05) is 7.05 Å². The molecule has 1 aromatic rings. The fourth-order valence-electron chi connectivity index (χ4n) is 5.70. The summed E-state index contributed by atoms with van der Waals surface area (Å²) in [6, 6.07) is 0. The highest BCUT2D eigenvalue weighted by atomic mass is 79.9. The molecular formula is C17H21BrN4O2S. The van der Waals surface area contributed by atoms with Crippen molar-refractivity contribution < 1.29 is 9.59 Å². The zero-order valence-corrected chi connectivity index (χ0v) is 16.3. The zero-order valence-electron chi connectivity index (χ0n) is 13.9. The monoisotopic (exact) mass is 424 g/mol. The number of hydrogen-bond donors (Lipinski definition) is 3. The van der Waals surface area contributed by atoms with Crippen LogP contribution in [0.15, 0.2) is 22.1 Å². The maximum absolute atomic E-state index is 13.0. The molecule has 0 aliphatic heterocycles. The summed E-state index contributed by atoms with van der Waals surface area (Å²) >= 11 is 4.81. The van der Waals surface area contributed by atoms with Gasteiger partial charge in [0.2, 0.25) is 11.8 Å². The highest BCUT2D eigenvalue weighted by Crippen LogP contribution is 2.80. The van der Waals surface area contributed by atoms with Crippen LogP contribution in [0.3, 0.4) is 0 Å². The molecule has 0 radical (unpaired) electrons. The van der Waals surface area contributed by atoms with Gasteiger partial charge < -0.3 is 16.8 Å². The Morgan fingerprint density at radius 1 is 1.32 bits per heavy atom. The van der Waals surface area contributed by atoms with E-state index in [2.05, 4.69) is 38.4 Å². The molecule has 2 bridgehead atoms. The summed E-state index contributed by atoms with van der Waals surface area (Å²) in [6.07, 6.45) is 8.30. The fraction of sp³-hybridized carbons (Fsp3) is 0.588. The lowest BCUT2D eigenvalue weighted by molar-refractivity contribution is -0.143. The van der Waals surface area contributed by atoms with Crippen LogP contribution in [0.1, 0.15) is 24.3 Å². The zero-order chi connectivity index (χ0) is 18.0. The van der Waals surface area contributed by atoms with Gasteiger partial charge in [-0.15, -0.1) is 11.3 Å². The van der Waals surface area contributed by atoms with E-state index < -0.39 is 22.6 Å². The molecule has 2 fully saturated rings. The first kappa shape index (κ1) is 17.2. The van der Waals surface area contributed by atoms with Crippen LogP contribution < -0.4 is 16.8 Å². The Kier molecular flexibility index (Phi) is 3.69. The molecule has 1 aromatic heterocycles. The van der Waals surface area contributed by atoms with Crippen LogP contribution in [0.25, 0.3) is 0 Å². The average Bonchev–Trinajstić information content (AvgIpc) is 3.03. The van der Waals surface area contributed by atoms with Crippen molar-refractivity contribution in [1.82, 2.24) is 10.3 Å². The van der Waals surface area contributed by atoms with Crippen molar-refractivity contribution in [2.24, 2.45) is 34.1 Å². The first-order valence-electron chi connectivity index (χ1n) is 8.42. The third-order valence-electron chi connectivity index (χ3n) is 6.68. The van der Waals surface area contributed by atoms with Gasteiger partial charge >= 0.3 is 0 Å². The lowest BCUT2D eigenvalue weighted by atomic mass is 9.55. The lowest BCUT2D eigenvalue weighted by Crippen LogP contribution is -2.62. The van der Waals surface area contributed by atoms with Crippen molar-refractivity contribution in [2.45, 2.75) is 24.7 Å². The highest BCUT2D eigenvalue weighted by molar-refractivity contribution is 9.11. The van der Waals surface area contributed by atoms with Crippen molar-refractivity contribution in [3.05, 3.63) is 27.1 Å². The number of nitrogens with two attached hydrogens (primary N) is 2. The van der Waals surface area contributed by atoms with Crippen molar-refractivity contribution in [3.63, 3.8) is 0 Å². The summed E-state index contributed by atoms with van der Waals surface area (Å²) in [5, 5.41) is 3.71. The van der Waals surface area contributed by atoms with E-state index in [-0.39, 0.29) is 17.3 Å². The first-order valence-corrected chi connectivity index (χ1v) is 10.0. The molecule has 0 saturated heterocycles. The molecule has 2 saturated carbocycles. The van der Waals surface area contributed by atoms with Crippen molar-refractivity contribution >= 4 is 39.1 Å². The third kappa shape index (κ3) is 1.80. The lowest BCUT2D eigenvalue weighted by Gasteiger charge is -2.46. The normalized spacial score (nSPS) is 36.9. The van der Waals surface area contributed by atoms with E-state index in [1.54, 1.807) is 6.20 Å². The molecule has 6 nitrogen and oxygen atoms in total. The Morgan fingerprint density at radius 3 is 2.48 bits per heavy atom. The average molecular weight is 425 g/mol. The van der Waals surface area contributed by atoms with Gasteiger partial charge in [-0.05, 0) is 60.1 Å². The van der Waals surface area contributed by atoms with Crippen molar-refractivity contribution in [1.29, 1.82) is 0 Å². The molecule has 25 heavy (non-hydrogen) atoms. The van der Waals surface area contributed by atoms with Crippen LogP contribution in [0.2, 0.25) is 0 Å². The number of allylic oxidation sites excluding steroid dienone is 2. The summed E-state index contributed by atoms with van der Waals surface area (Å²) in [6.45, 7) is 0.581. The van der Waals surface area contributed by atoms with E-state index in [9.17, 15) is 9.59 Å². The van der Waals surface area contributed by atoms with Crippen LogP contribution in [-0.2, 0) is 15.0 Å². The molecule has 3 aliphatic rings. The molecule has 0 aromatic carbocycles. The van der Waals surface area contributed by atoms with Gasteiger partial charge in [-0.1, -0.05) is 12.2 Å². The summed E-state index contributed by atoms with van der Waals surface area (Å²) in [7, 11) is 1.83. The summed E-state index contributed by atoms with van der Waals surface area (Å²) < 4.78 is 0.812. The quantitative estimate of drug-likeness (QED) is 0.597. The maximum Gasteiger partial charge on any atom is 0.232 e. The van der Waals surface area contributed by atoms with Gasteiger partial charge in [-0.2, -0.15) is 0 Å². The predicted molar refractivity (Wildman–Crippen MR) is 98.6 cm³/mol. The number of carbonyl (C=O) groups excluding carboxylic acids is 2. The first-order chi connectivity index (χ1) is 11.9. The van der Waals surface area contributed by atoms with Crippen molar-refractivity contribution in [3.8, 4) is 0 Å². The Bertz CT molecular complexity index is 789. The second kappa shape index (κ2) is 5.37. The van der Waals surface area contributed by atoms with Gasteiger partial charge in [0.15, 0.2) is 0 Å². The van der Waals surface area contributed by atoms with Gasteiger partial charge in [-0.25, -0.2) is 4.98 Å². The fourth-order valence-corrected chi connectivity index (χ4v) is 7.23. The molecule has 8 heteroatoms. The molecule has 3 aliphatic carbocycles. The van der Waals surface area contributed by atoms with E-state index in [0.717, 1.165) is 16.6 Å². The van der Waals surface area contributed by atoms with Gasteiger partial charge in [0.25, 0.3) is 0 Å². The second-order valence-corrected chi connectivity index (χ2v) is 9.81. The van der Waals surface area contributed by atoms with Crippen LogP contribution in [-0.4, -0.2) is 30.4 Å². The topological polar surface area (TPSA) is 111 Å². The van der Waals surface area contributed by atoms with E-state index in [4.69, 9.17) is 11.5 Å². The SMILES string of the molecule is CNCC[C@@]1(C(N)=O)[C@@H]2C=C[C@@H](C23CC3)[C@@]1(C(N)=O)c1ncc(Br)s1. The van der Waals surface area contributed by atoms with Gasteiger partial charge in [-0.3, -0.25) is 9.59 Å². The number of nitrogens with zero attached hydrogens (tertiary/aromatic N) is 1. The Morgan fingerprint density at radius 2 is 2.00 bits per heavy atom. The van der Waals surface area contributed by atoms with E-state index in [0.29, 0.717) is 18.0 Å². The number of halogens is 1. The van der Waals surface area contributed by atoms with E-state index in [1.165, 1.54) is 11.3 Å².